The van der Waals surface area contributed by atoms with Crippen LogP contribution >= 0.6 is 12.2 Å². The van der Waals surface area contributed by atoms with Gasteiger partial charge < -0.3 is 0 Å². The predicted molar refractivity (Wildman–Crippen MR) is 123 cm³/mol. The Bertz CT molecular complexity index is 1450. The molecular weight excluding hydrogens is 406 g/mol. The summed E-state index contributed by atoms with van der Waals surface area (Å²) < 4.78 is 1.97. The summed E-state index contributed by atoms with van der Waals surface area (Å²) >= 11 is 5.43. The Morgan fingerprint density at radius 1 is 1.06 bits per heavy atom. The Morgan fingerprint density at radius 2 is 1.90 bits per heavy atom. The van der Waals surface area contributed by atoms with Crippen molar-refractivity contribution in [2.24, 2.45) is 5.10 Å². The maximum atomic E-state index is 5.43. The number of rotatable bonds is 4. The average molecular weight is 424 g/mol. The quantitative estimate of drug-likeness (QED) is 0.331. The molecule has 0 amide bonds. The molecule has 0 aliphatic rings. The number of hydrogen-bond acceptors (Lipinski definition) is 6. The number of hydrogen-bond donors (Lipinski definition) is 1. The fourth-order valence-electron chi connectivity index (χ4n) is 3.30. The van der Waals surface area contributed by atoms with Gasteiger partial charge in [0.15, 0.2) is 5.82 Å². The number of pyridine rings is 1. The lowest BCUT2D eigenvalue weighted by atomic mass is 10.0. The van der Waals surface area contributed by atoms with Crippen LogP contribution < -0.4 is 0 Å². The van der Waals surface area contributed by atoms with Crippen molar-refractivity contribution in [3.8, 4) is 22.6 Å². The zero-order chi connectivity index (χ0) is 21.2. The van der Waals surface area contributed by atoms with Crippen LogP contribution in [0.5, 0.6) is 0 Å². The molecular formula is C23H17N7S. The minimum atomic E-state index is 0.382. The first kappa shape index (κ1) is 19.0. The van der Waals surface area contributed by atoms with Crippen molar-refractivity contribution < 1.29 is 0 Å². The molecule has 0 fully saturated rings. The molecule has 0 spiro atoms. The number of fused-ring (bicyclic) bond motifs is 1. The van der Waals surface area contributed by atoms with Crippen molar-refractivity contribution in [3.63, 3.8) is 0 Å². The van der Waals surface area contributed by atoms with Crippen molar-refractivity contribution in [1.29, 1.82) is 0 Å². The largest absolute Gasteiger partial charge is 0.261 e. The average Bonchev–Trinajstić information content (AvgIpc) is 3.18. The molecule has 5 rings (SSSR count). The number of para-hydroxylation sites is 1. The van der Waals surface area contributed by atoms with E-state index in [-0.39, 0.29) is 0 Å². The van der Waals surface area contributed by atoms with Crippen molar-refractivity contribution in [2.45, 2.75) is 6.92 Å². The molecule has 3 aromatic heterocycles. The molecule has 1 N–H and O–H groups in total. The SMILES string of the molecule is Cc1ccc(-c2cc(-c3n[nH]c(=S)n3/N=C/c3cnccn3)c3ccccc3n2)cc1. The van der Waals surface area contributed by atoms with Gasteiger partial charge in [0, 0.05) is 28.9 Å². The van der Waals surface area contributed by atoms with E-state index in [0.717, 1.165) is 27.7 Å². The molecule has 31 heavy (non-hydrogen) atoms. The van der Waals surface area contributed by atoms with Gasteiger partial charge in [0.25, 0.3) is 0 Å². The molecule has 0 unspecified atom stereocenters. The smallest absolute Gasteiger partial charge is 0.216 e. The molecule has 0 saturated heterocycles. The molecule has 0 aliphatic heterocycles. The third-order valence-corrected chi connectivity index (χ3v) is 5.11. The maximum Gasteiger partial charge on any atom is 0.216 e. The number of nitrogens with zero attached hydrogens (tertiary/aromatic N) is 6. The number of aryl methyl sites for hydroxylation is 1. The molecule has 8 heteroatoms. The highest BCUT2D eigenvalue weighted by atomic mass is 32.1. The lowest BCUT2D eigenvalue weighted by Crippen LogP contribution is -1.98. The number of benzene rings is 2. The van der Waals surface area contributed by atoms with Crippen LogP contribution in [0.4, 0.5) is 0 Å². The van der Waals surface area contributed by atoms with E-state index in [1.165, 1.54) is 5.56 Å². The van der Waals surface area contributed by atoms with E-state index < -0.39 is 0 Å². The summed E-state index contributed by atoms with van der Waals surface area (Å²) in [4.78, 5) is 13.1. The topological polar surface area (TPSA) is 84.6 Å². The Kier molecular flexibility index (Phi) is 4.89. The first-order valence-electron chi connectivity index (χ1n) is 9.64. The lowest BCUT2D eigenvalue weighted by molar-refractivity contribution is 0.871. The summed E-state index contributed by atoms with van der Waals surface area (Å²) in [5.74, 6) is 0.595. The van der Waals surface area contributed by atoms with Gasteiger partial charge in [-0.05, 0) is 31.3 Å². The van der Waals surface area contributed by atoms with Crippen molar-refractivity contribution >= 4 is 29.3 Å². The van der Waals surface area contributed by atoms with E-state index in [1.54, 1.807) is 29.5 Å². The van der Waals surface area contributed by atoms with E-state index in [9.17, 15) is 0 Å². The van der Waals surface area contributed by atoms with Gasteiger partial charge >= 0.3 is 0 Å². The van der Waals surface area contributed by atoms with Gasteiger partial charge in [0.1, 0.15) is 5.69 Å². The van der Waals surface area contributed by atoms with Crippen LogP contribution in [0, 0.1) is 11.7 Å². The Morgan fingerprint density at radius 3 is 2.71 bits per heavy atom. The first-order valence-corrected chi connectivity index (χ1v) is 10.0. The molecule has 3 heterocycles. The summed E-state index contributed by atoms with van der Waals surface area (Å²) in [6, 6.07) is 18.3. The molecule has 0 radical (unpaired) electrons. The van der Waals surface area contributed by atoms with Crippen LogP contribution in [0.3, 0.4) is 0 Å². The molecule has 0 bridgehead atoms. The summed E-state index contributed by atoms with van der Waals surface area (Å²) in [6.07, 6.45) is 6.46. The van der Waals surface area contributed by atoms with Crippen LogP contribution in [0.1, 0.15) is 11.3 Å². The van der Waals surface area contributed by atoms with E-state index in [0.29, 0.717) is 16.3 Å². The summed E-state index contributed by atoms with van der Waals surface area (Å²) in [6.45, 7) is 2.07. The van der Waals surface area contributed by atoms with Crippen molar-refractivity contribution in [1.82, 2.24) is 29.8 Å². The van der Waals surface area contributed by atoms with Gasteiger partial charge in [-0.2, -0.15) is 14.9 Å². The first-order chi connectivity index (χ1) is 15.2. The highest BCUT2D eigenvalue weighted by Gasteiger charge is 2.15. The van der Waals surface area contributed by atoms with E-state index in [4.69, 9.17) is 17.2 Å². The Balaban J connectivity index is 1.70. The fraction of sp³-hybridized carbons (Fsp3) is 0.0435. The second-order valence-electron chi connectivity index (χ2n) is 6.98. The van der Waals surface area contributed by atoms with Crippen molar-refractivity contribution in [3.05, 3.63) is 89.2 Å². The molecule has 0 saturated carbocycles. The highest BCUT2D eigenvalue weighted by molar-refractivity contribution is 7.71. The van der Waals surface area contributed by atoms with E-state index >= 15 is 0 Å². The minimum Gasteiger partial charge on any atom is -0.261 e. The molecule has 5 aromatic rings. The fourth-order valence-corrected chi connectivity index (χ4v) is 3.48. The number of H-pyrrole nitrogens is 1. The predicted octanol–water partition coefficient (Wildman–Crippen LogP) is 4.80. The van der Waals surface area contributed by atoms with Gasteiger partial charge in [-0.1, -0.05) is 48.0 Å². The number of aromatic nitrogens is 6. The summed E-state index contributed by atoms with van der Waals surface area (Å²) in [7, 11) is 0. The Labute approximate surface area is 183 Å². The highest BCUT2D eigenvalue weighted by Crippen LogP contribution is 2.31. The zero-order valence-corrected chi connectivity index (χ0v) is 17.4. The van der Waals surface area contributed by atoms with Crippen LogP contribution in [0.25, 0.3) is 33.5 Å². The van der Waals surface area contributed by atoms with Gasteiger partial charge in [0.2, 0.25) is 4.77 Å². The van der Waals surface area contributed by atoms with E-state index in [1.807, 2.05) is 30.3 Å². The van der Waals surface area contributed by atoms with Crippen molar-refractivity contribution in [2.75, 3.05) is 0 Å². The van der Waals surface area contributed by atoms with E-state index in [2.05, 4.69) is 56.5 Å². The van der Waals surface area contributed by atoms with Crippen LogP contribution in [-0.2, 0) is 0 Å². The molecule has 0 aliphatic carbocycles. The molecule has 150 valence electrons. The summed E-state index contributed by atoms with van der Waals surface area (Å²) in [5.41, 5.74) is 5.45. The summed E-state index contributed by atoms with van der Waals surface area (Å²) in [5, 5.41) is 12.8. The van der Waals surface area contributed by atoms with Crippen LogP contribution in [0.15, 0.2) is 78.3 Å². The molecule has 0 atom stereocenters. The maximum absolute atomic E-state index is 5.43. The third kappa shape index (κ3) is 3.76. The second-order valence-corrected chi connectivity index (χ2v) is 7.36. The van der Waals surface area contributed by atoms with Crippen LogP contribution in [0.2, 0.25) is 0 Å². The Hall–Kier alpha value is -4.04. The number of nitrogens with one attached hydrogen (secondary N) is 1. The number of aromatic amines is 1. The standard InChI is InChI=1S/C23H17N7S/c1-15-6-8-16(9-7-15)21-12-19(18-4-2-3-5-20(18)27-21)22-28-29-23(31)30(22)26-14-17-13-24-10-11-25-17/h2-14H,1H3,(H,29,31)/b26-14+. The monoisotopic (exact) mass is 423 g/mol. The van der Waals surface area contributed by atoms with Gasteiger partial charge in [-0.25, -0.2) is 10.1 Å². The van der Waals surface area contributed by atoms with Gasteiger partial charge in [-0.3, -0.25) is 9.97 Å². The molecule has 7 nitrogen and oxygen atoms in total. The third-order valence-electron chi connectivity index (χ3n) is 4.84. The lowest BCUT2D eigenvalue weighted by Gasteiger charge is -2.10. The molecule has 2 aromatic carbocycles. The zero-order valence-electron chi connectivity index (χ0n) is 16.6. The normalized spacial score (nSPS) is 11.4. The van der Waals surface area contributed by atoms with Gasteiger partial charge in [-0.15, -0.1) is 0 Å². The minimum absolute atomic E-state index is 0.382. The van der Waals surface area contributed by atoms with Gasteiger partial charge in [0.05, 0.1) is 23.6 Å². The van der Waals surface area contributed by atoms with Crippen LogP contribution in [-0.4, -0.2) is 36.0 Å². The second kappa shape index (κ2) is 8.00.